The molecule has 6 heteroatoms. The number of carboxylic acid groups (broad SMARTS) is 1. The van der Waals surface area contributed by atoms with Crippen molar-refractivity contribution in [3.05, 3.63) is 35.4 Å². The van der Waals surface area contributed by atoms with Crippen molar-refractivity contribution in [1.29, 1.82) is 0 Å². The highest BCUT2D eigenvalue weighted by atomic mass is 16.5. The van der Waals surface area contributed by atoms with Crippen LogP contribution < -0.4 is 10.6 Å². The number of nitrogens with one attached hydrogen (secondary N) is 2. The molecule has 0 spiro atoms. The van der Waals surface area contributed by atoms with Crippen molar-refractivity contribution >= 4 is 12.0 Å². The van der Waals surface area contributed by atoms with Crippen LogP contribution in [0.1, 0.15) is 35.7 Å². The van der Waals surface area contributed by atoms with Crippen molar-refractivity contribution < 1.29 is 19.4 Å². The van der Waals surface area contributed by atoms with Gasteiger partial charge in [-0.2, -0.15) is 0 Å². The monoisotopic (exact) mass is 306 g/mol. The minimum atomic E-state index is -0.961. The Morgan fingerprint density at radius 1 is 1.32 bits per heavy atom. The number of carbonyl (C=O) groups excluding carboxylic acids is 1. The van der Waals surface area contributed by atoms with E-state index in [2.05, 4.69) is 10.6 Å². The first-order chi connectivity index (χ1) is 10.5. The average molecular weight is 306 g/mol. The van der Waals surface area contributed by atoms with Gasteiger partial charge in [0.15, 0.2) is 0 Å². The SMILES string of the molecule is COC(C1CC1)C(C)NC(=O)NCc1ccc(C(=O)O)cc1. The molecule has 22 heavy (non-hydrogen) atoms. The van der Waals surface area contributed by atoms with Gasteiger partial charge in [0.2, 0.25) is 0 Å². The zero-order valence-corrected chi connectivity index (χ0v) is 12.8. The number of urea groups is 1. The average Bonchev–Trinajstić information content (AvgIpc) is 3.31. The molecule has 1 aromatic carbocycles. The summed E-state index contributed by atoms with van der Waals surface area (Å²) in [6.45, 7) is 2.28. The van der Waals surface area contributed by atoms with Crippen molar-refractivity contribution in [2.75, 3.05) is 7.11 Å². The van der Waals surface area contributed by atoms with Crippen LogP contribution in [0.3, 0.4) is 0 Å². The predicted molar refractivity (Wildman–Crippen MR) is 81.8 cm³/mol. The number of carboxylic acids is 1. The van der Waals surface area contributed by atoms with E-state index in [9.17, 15) is 9.59 Å². The van der Waals surface area contributed by atoms with Gasteiger partial charge in [-0.3, -0.25) is 0 Å². The molecule has 3 N–H and O–H groups in total. The lowest BCUT2D eigenvalue weighted by Crippen LogP contribution is -2.47. The summed E-state index contributed by atoms with van der Waals surface area (Å²) in [5.74, 6) is -0.416. The maximum atomic E-state index is 11.9. The summed E-state index contributed by atoms with van der Waals surface area (Å²) < 4.78 is 5.44. The molecule has 1 fully saturated rings. The summed E-state index contributed by atoms with van der Waals surface area (Å²) in [7, 11) is 1.67. The highest BCUT2D eigenvalue weighted by Gasteiger charge is 2.35. The van der Waals surface area contributed by atoms with Crippen molar-refractivity contribution in [2.45, 2.75) is 38.5 Å². The molecule has 120 valence electrons. The molecule has 6 nitrogen and oxygen atoms in total. The molecule has 1 aliphatic carbocycles. The summed E-state index contributed by atoms with van der Waals surface area (Å²) in [5.41, 5.74) is 1.08. The standard InChI is InChI=1S/C16H22N2O4/c1-10(14(22-2)12-7-8-12)18-16(21)17-9-11-3-5-13(6-4-11)15(19)20/h3-6,10,12,14H,7-9H2,1-2H3,(H,19,20)(H2,17,18,21). The Labute approximate surface area is 129 Å². The molecule has 0 bridgehead atoms. The Bertz CT molecular complexity index is 525. The Morgan fingerprint density at radius 3 is 2.45 bits per heavy atom. The zero-order chi connectivity index (χ0) is 16.1. The van der Waals surface area contributed by atoms with Crippen LogP contribution in [-0.2, 0) is 11.3 Å². The number of ether oxygens (including phenoxy) is 1. The van der Waals surface area contributed by atoms with E-state index in [0.717, 1.165) is 18.4 Å². The van der Waals surface area contributed by atoms with Crippen LogP contribution >= 0.6 is 0 Å². The van der Waals surface area contributed by atoms with Gasteiger partial charge in [-0.1, -0.05) is 12.1 Å². The second-order valence-corrected chi connectivity index (χ2v) is 5.66. The molecule has 2 rings (SSSR count). The molecule has 2 amide bonds. The molecular formula is C16H22N2O4. The molecular weight excluding hydrogens is 284 g/mol. The number of amides is 2. The molecule has 0 heterocycles. The summed E-state index contributed by atoms with van der Waals surface area (Å²) in [5, 5.41) is 14.5. The number of methoxy groups -OCH3 is 1. The van der Waals surface area contributed by atoms with Gasteiger partial charge in [0.05, 0.1) is 17.7 Å². The van der Waals surface area contributed by atoms with Crippen LogP contribution in [0.25, 0.3) is 0 Å². The van der Waals surface area contributed by atoms with Crippen LogP contribution in [0.5, 0.6) is 0 Å². The molecule has 1 saturated carbocycles. The van der Waals surface area contributed by atoms with Crippen molar-refractivity contribution in [3.8, 4) is 0 Å². The zero-order valence-electron chi connectivity index (χ0n) is 12.8. The summed E-state index contributed by atoms with van der Waals surface area (Å²) in [6.07, 6.45) is 2.37. The quantitative estimate of drug-likeness (QED) is 0.719. The van der Waals surface area contributed by atoms with E-state index in [1.807, 2.05) is 6.92 Å². The van der Waals surface area contributed by atoms with Gasteiger partial charge in [0, 0.05) is 13.7 Å². The molecule has 2 unspecified atom stereocenters. The number of aromatic carboxylic acids is 1. The summed E-state index contributed by atoms with van der Waals surface area (Å²) in [4.78, 5) is 22.7. The van der Waals surface area contributed by atoms with E-state index >= 15 is 0 Å². The Balaban J connectivity index is 1.78. The molecule has 2 atom stereocenters. The first kappa shape index (κ1) is 16.3. The van der Waals surface area contributed by atoms with Gasteiger partial charge in [-0.15, -0.1) is 0 Å². The maximum absolute atomic E-state index is 11.9. The van der Waals surface area contributed by atoms with Crippen LogP contribution in [0.15, 0.2) is 24.3 Å². The third kappa shape index (κ3) is 4.46. The van der Waals surface area contributed by atoms with Crippen LogP contribution in [0, 0.1) is 5.92 Å². The van der Waals surface area contributed by atoms with E-state index in [0.29, 0.717) is 12.5 Å². The van der Waals surface area contributed by atoms with Crippen molar-refractivity contribution in [1.82, 2.24) is 10.6 Å². The number of hydrogen-bond donors (Lipinski definition) is 3. The van der Waals surface area contributed by atoms with E-state index in [4.69, 9.17) is 9.84 Å². The lowest BCUT2D eigenvalue weighted by atomic mass is 10.1. The van der Waals surface area contributed by atoms with Gasteiger partial charge in [-0.25, -0.2) is 9.59 Å². The fourth-order valence-corrected chi connectivity index (χ4v) is 2.52. The highest BCUT2D eigenvalue weighted by molar-refractivity contribution is 5.87. The number of carbonyl (C=O) groups is 2. The number of rotatable bonds is 7. The molecule has 0 aliphatic heterocycles. The summed E-state index contributed by atoms with van der Waals surface area (Å²) >= 11 is 0. The Hall–Kier alpha value is -2.08. The van der Waals surface area contributed by atoms with Crippen LogP contribution in [-0.4, -0.2) is 36.4 Å². The third-order valence-corrected chi connectivity index (χ3v) is 3.86. The Kier molecular flexibility index (Phi) is 5.38. The van der Waals surface area contributed by atoms with E-state index in [1.54, 1.807) is 19.2 Å². The van der Waals surface area contributed by atoms with Crippen molar-refractivity contribution in [2.24, 2.45) is 5.92 Å². The van der Waals surface area contributed by atoms with Gasteiger partial charge in [-0.05, 0) is 43.4 Å². The minimum Gasteiger partial charge on any atom is -0.478 e. The van der Waals surface area contributed by atoms with Gasteiger partial charge >= 0.3 is 12.0 Å². The largest absolute Gasteiger partial charge is 0.478 e. The third-order valence-electron chi connectivity index (χ3n) is 3.86. The van der Waals surface area contributed by atoms with Gasteiger partial charge in [0.25, 0.3) is 0 Å². The maximum Gasteiger partial charge on any atom is 0.335 e. The smallest absolute Gasteiger partial charge is 0.335 e. The highest BCUT2D eigenvalue weighted by Crippen LogP contribution is 2.35. The molecule has 0 aromatic heterocycles. The first-order valence-electron chi connectivity index (χ1n) is 7.40. The lowest BCUT2D eigenvalue weighted by molar-refractivity contribution is 0.0591. The van der Waals surface area contributed by atoms with Gasteiger partial charge in [0.1, 0.15) is 0 Å². The van der Waals surface area contributed by atoms with Crippen molar-refractivity contribution in [3.63, 3.8) is 0 Å². The minimum absolute atomic E-state index is 0.0492. The topological polar surface area (TPSA) is 87.7 Å². The second kappa shape index (κ2) is 7.26. The molecule has 1 aromatic rings. The van der Waals surface area contributed by atoms with E-state index < -0.39 is 5.97 Å². The predicted octanol–water partition coefficient (Wildman–Crippen LogP) is 2.00. The molecule has 1 aliphatic rings. The fraction of sp³-hybridized carbons (Fsp3) is 0.500. The first-order valence-corrected chi connectivity index (χ1v) is 7.40. The molecule has 0 saturated heterocycles. The van der Waals surface area contributed by atoms with Gasteiger partial charge < -0.3 is 20.5 Å². The summed E-state index contributed by atoms with van der Waals surface area (Å²) in [6, 6.07) is 6.12. The molecule has 0 radical (unpaired) electrons. The number of benzene rings is 1. The van der Waals surface area contributed by atoms with Crippen LogP contribution in [0.2, 0.25) is 0 Å². The van der Waals surface area contributed by atoms with Crippen LogP contribution in [0.4, 0.5) is 4.79 Å². The second-order valence-electron chi connectivity index (χ2n) is 5.66. The lowest BCUT2D eigenvalue weighted by Gasteiger charge is -2.23. The Morgan fingerprint density at radius 2 is 1.95 bits per heavy atom. The van der Waals surface area contributed by atoms with E-state index in [1.165, 1.54) is 12.1 Å². The van der Waals surface area contributed by atoms with E-state index in [-0.39, 0.29) is 23.7 Å². The number of hydrogen-bond acceptors (Lipinski definition) is 3. The normalized spacial score (nSPS) is 16.6. The fourth-order valence-electron chi connectivity index (χ4n) is 2.52.